The van der Waals surface area contributed by atoms with Crippen molar-refractivity contribution in [3.8, 4) is 5.75 Å². The molecule has 2 aromatic heterocycles. The van der Waals surface area contributed by atoms with E-state index in [1.54, 1.807) is 12.3 Å². The molecule has 2 N–H and O–H groups in total. The van der Waals surface area contributed by atoms with Gasteiger partial charge in [0.1, 0.15) is 11.3 Å². The molecule has 0 saturated carbocycles. The molecule has 10 heteroatoms. The summed E-state index contributed by atoms with van der Waals surface area (Å²) in [5, 5.41) is 21.4. The maximum atomic E-state index is 13.0. The Morgan fingerprint density at radius 3 is 2.59 bits per heavy atom. The van der Waals surface area contributed by atoms with Gasteiger partial charge in [0.05, 0.1) is 35.9 Å². The van der Waals surface area contributed by atoms with Crippen LogP contribution in [0.1, 0.15) is 73.2 Å². The molecule has 0 radical (unpaired) electrons. The number of hydrogen-bond donors (Lipinski definition) is 2. The van der Waals surface area contributed by atoms with Gasteiger partial charge in [0.15, 0.2) is 23.0 Å². The number of ether oxygens (including phenoxy) is 2. The first-order valence-corrected chi connectivity index (χ1v) is 12.5. The van der Waals surface area contributed by atoms with Crippen LogP contribution in [-0.2, 0) is 15.9 Å². The molecule has 9 nitrogen and oxygen atoms in total. The Morgan fingerprint density at radius 2 is 1.92 bits per heavy atom. The fourth-order valence-corrected chi connectivity index (χ4v) is 5.60. The van der Waals surface area contributed by atoms with Crippen LogP contribution < -0.4 is 34.7 Å². The number of Topliss-reactive ketones (excluding diaryl/α,β-unsaturated/α-hetero) is 1. The monoisotopic (exact) mass is 518 g/mol. The third-order valence-electron chi connectivity index (χ3n) is 7.81. The van der Waals surface area contributed by atoms with Crippen LogP contribution >= 0.6 is 0 Å². The van der Waals surface area contributed by atoms with Crippen LogP contribution in [0.5, 0.6) is 5.75 Å². The fraction of sp³-hybridized carbons (Fsp3) is 0.519. The van der Waals surface area contributed by atoms with Crippen LogP contribution in [0.25, 0.3) is 11.1 Å². The number of carboxylic acids is 1. The van der Waals surface area contributed by atoms with Crippen molar-refractivity contribution in [1.82, 2.24) is 9.97 Å². The number of hydrogen-bond acceptors (Lipinski definition) is 8. The van der Waals surface area contributed by atoms with Gasteiger partial charge in [-0.25, -0.2) is 4.98 Å². The molecule has 192 valence electrons. The van der Waals surface area contributed by atoms with Crippen LogP contribution in [0.15, 0.2) is 34.9 Å². The Bertz CT molecular complexity index is 1270. The van der Waals surface area contributed by atoms with E-state index in [1.165, 1.54) is 12.1 Å². The van der Waals surface area contributed by atoms with Crippen LogP contribution in [0, 0.1) is 17.8 Å². The quantitative estimate of drug-likeness (QED) is 0.358. The molecule has 4 heterocycles. The van der Waals surface area contributed by atoms with Crippen LogP contribution in [0.3, 0.4) is 0 Å². The molecule has 1 aromatic carbocycles. The van der Waals surface area contributed by atoms with Crippen molar-refractivity contribution in [2.24, 2.45) is 17.8 Å². The van der Waals surface area contributed by atoms with Crippen molar-refractivity contribution in [2.45, 2.75) is 70.9 Å². The summed E-state index contributed by atoms with van der Waals surface area (Å²) < 4.78 is 19.0. The molecular weight excluding hydrogens is 487 g/mol. The van der Waals surface area contributed by atoms with E-state index in [0.29, 0.717) is 18.0 Å². The number of nitrogens with one attached hydrogen (secondary N) is 1. The molecule has 37 heavy (non-hydrogen) atoms. The minimum Gasteiger partial charge on any atom is -0.545 e. The van der Waals surface area contributed by atoms with Crippen molar-refractivity contribution in [3.05, 3.63) is 47.6 Å². The Hall–Kier alpha value is -2.17. The number of fused-ring (bicyclic) bond motifs is 1. The fourth-order valence-electron chi connectivity index (χ4n) is 5.60. The molecule has 2 saturated heterocycles. The average Bonchev–Trinajstić information content (AvgIpc) is 3.52. The van der Waals surface area contributed by atoms with Crippen LogP contribution in [-0.4, -0.2) is 44.8 Å². The van der Waals surface area contributed by atoms with E-state index in [0.717, 1.165) is 25.7 Å². The summed E-state index contributed by atoms with van der Waals surface area (Å²) in [4.78, 5) is 31.9. The molecule has 1 spiro atoms. The predicted molar refractivity (Wildman–Crippen MR) is 127 cm³/mol. The minimum atomic E-state index is -1.52. The number of H-pyrrole nitrogens is 1. The van der Waals surface area contributed by atoms with Gasteiger partial charge in [-0.2, -0.15) is 0 Å². The van der Waals surface area contributed by atoms with E-state index in [-0.39, 0.29) is 82.0 Å². The predicted octanol–water partition coefficient (Wildman–Crippen LogP) is 0.617. The first-order valence-electron chi connectivity index (χ1n) is 12.5. The van der Waals surface area contributed by atoms with E-state index in [9.17, 15) is 19.8 Å². The zero-order valence-electron chi connectivity index (χ0n) is 21.7. The zero-order chi connectivity index (χ0) is 25.6. The van der Waals surface area contributed by atoms with Gasteiger partial charge in [-0.05, 0) is 48.9 Å². The molecular formula is C27H31N2NaO7. The Kier molecular flexibility index (Phi) is 8.21. The summed E-state index contributed by atoms with van der Waals surface area (Å²) in [7, 11) is 0. The van der Waals surface area contributed by atoms with Crippen LogP contribution in [0.2, 0.25) is 0 Å². The van der Waals surface area contributed by atoms with Crippen molar-refractivity contribution in [2.75, 3.05) is 0 Å². The largest absolute Gasteiger partial charge is 1.00 e. The molecule has 5 rings (SSSR count). The number of phenols is 1. The molecule has 2 aliphatic heterocycles. The SMILES string of the molecule is CC(C(=O)c1ccc[nH]1)C1OC2(CC[C@H]1C)CC[C@@H](C)[C@@H](Cc1nc3c(C(=O)[O-])c(O)ccc3o1)O2.[Na+]. The number of benzene rings is 1. The number of aromatic carboxylic acids is 1. The Labute approximate surface area is 237 Å². The third kappa shape index (κ3) is 5.38. The van der Waals surface area contributed by atoms with Gasteiger partial charge in [0.25, 0.3) is 0 Å². The normalized spacial score (nSPS) is 28.6. The topological polar surface area (TPSA) is 138 Å². The molecule has 3 unspecified atom stereocenters. The van der Waals surface area contributed by atoms with E-state index in [2.05, 4.69) is 23.8 Å². The number of carboxylic acid groups (broad SMARTS) is 1. The minimum absolute atomic E-state index is 0. The van der Waals surface area contributed by atoms with Crippen LogP contribution in [0.4, 0.5) is 0 Å². The van der Waals surface area contributed by atoms with Crippen molar-refractivity contribution < 1.29 is 63.3 Å². The van der Waals surface area contributed by atoms with Crippen molar-refractivity contribution >= 4 is 22.9 Å². The Morgan fingerprint density at radius 1 is 1.19 bits per heavy atom. The second kappa shape index (κ2) is 10.9. The summed E-state index contributed by atoms with van der Waals surface area (Å²) in [6.45, 7) is 6.12. The molecule has 0 bridgehead atoms. The molecule has 0 amide bonds. The van der Waals surface area contributed by atoms with Crippen molar-refractivity contribution in [3.63, 3.8) is 0 Å². The second-order valence-electron chi connectivity index (χ2n) is 10.3. The molecule has 2 fully saturated rings. The standard InChI is InChI=1S/C27H32N2O7.Na/c1-14-8-10-27(11-9-15(2)25(36-27)16(3)24(31)17-5-4-12-28-17)35-20(14)13-21-29-23-19(34-21)7-6-18(30)22(23)26(32)33;/h4-7,12,14-16,20,25,28,30H,8-11,13H2,1-3H3,(H,32,33);/q;+1/p-1/t14-,15-,16?,20-,25?,27?;/m1./s1. The van der Waals surface area contributed by atoms with Gasteiger partial charge < -0.3 is 33.9 Å². The maximum absolute atomic E-state index is 13.0. The van der Waals surface area contributed by atoms with E-state index >= 15 is 0 Å². The Balaban J connectivity index is 0.00000320. The van der Waals surface area contributed by atoms with Gasteiger partial charge in [-0.15, -0.1) is 0 Å². The first-order chi connectivity index (χ1) is 17.2. The number of nitrogens with zero attached hydrogens (tertiary/aromatic N) is 1. The van der Waals surface area contributed by atoms with E-state index in [1.807, 2.05) is 13.0 Å². The first kappa shape index (κ1) is 27.9. The number of aromatic amines is 1. The van der Waals surface area contributed by atoms with Gasteiger partial charge in [0, 0.05) is 25.0 Å². The smallest absolute Gasteiger partial charge is 0.545 e. The van der Waals surface area contributed by atoms with Gasteiger partial charge >= 0.3 is 29.6 Å². The number of carbonyl (C=O) groups excluding carboxylic acids is 2. The molecule has 2 aliphatic rings. The number of carbonyl (C=O) groups is 2. The van der Waals surface area contributed by atoms with E-state index < -0.39 is 17.5 Å². The average molecular weight is 519 g/mol. The van der Waals surface area contributed by atoms with E-state index in [4.69, 9.17) is 13.9 Å². The molecule has 0 aliphatic carbocycles. The second-order valence-corrected chi connectivity index (χ2v) is 10.3. The summed E-state index contributed by atoms with van der Waals surface area (Å²) in [5.74, 6) is -2.31. The zero-order valence-corrected chi connectivity index (χ0v) is 23.7. The number of aromatic nitrogens is 2. The number of rotatable bonds is 6. The summed E-state index contributed by atoms with van der Waals surface area (Å²) >= 11 is 0. The third-order valence-corrected chi connectivity index (χ3v) is 7.81. The van der Waals surface area contributed by atoms with Gasteiger partial charge in [0.2, 0.25) is 0 Å². The summed E-state index contributed by atoms with van der Waals surface area (Å²) in [6.07, 6.45) is 4.73. The number of ketones is 1. The van der Waals surface area contributed by atoms with Crippen molar-refractivity contribution in [1.29, 1.82) is 0 Å². The number of aromatic hydroxyl groups is 1. The molecule has 6 atom stereocenters. The maximum Gasteiger partial charge on any atom is 1.00 e. The number of oxazole rings is 1. The van der Waals surface area contributed by atoms with Gasteiger partial charge in [-0.3, -0.25) is 4.79 Å². The summed E-state index contributed by atoms with van der Waals surface area (Å²) in [6, 6.07) is 6.33. The van der Waals surface area contributed by atoms with Gasteiger partial charge in [-0.1, -0.05) is 20.8 Å². The molecule has 3 aromatic rings. The summed E-state index contributed by atoms with van der Waals surface area (Å²) in [5.41, 5.74) is 0.513.